The summed E-state index contributed by atoms with van der Waals surface area (Å²) in [7, 11) is -4.84. The molecule has 118 heavy (non-hydrogen) atoms. The minimum Gasteiger partial charge on any atom is -0.299 e. The van der Waals surface area contributed by atoms with Gasteiger partial charge in [0.05, 0.1) is 34.1 Å². The lowest BCUT2D eigenvalue weighted by Crippen LogP contribution is -2.74. The van der Waals surface area contributed by atoms with Gasteiger partial charge in [0.1, 0.15) is 26.3 Å². The number of hydrogen-bond donors (Lipinski definition) is 0. The summed E-state index contributed by atoms with van der Waals surface area (Å²) in [5.41, 5.74) is 24.9. The molecule has 0 fully saturated rings. The maximum atomic E-state index is 5.93. The Balaban J connectivity index is 0.790. The molecule has 0 saturated heterocycles. The number of hydrogen-bond acceptors (Lipinski definition) is 3. The minimum absolute atomic E-state index is 0.120. The van der Waals surface area contributed by atoms with Gasteiger partial charge in [0.2, 0.25) is 0 Å². The van der Waals surface area contributed by atoms with Crippen molar-refractivity contribution in [2.75, 3.05) is 0 Å². The molecule has 17 rings (SSSR count). The quantitative estimate of drug-likeness (QED) is 0.0401. The molecule has 2 unspecified atom stereocenters. The van der Waals surface area contributed by atoms with Crippen molar-refractivity contribution in [2.45, 2.75) is 150 Å². The Morgan fingerprint density at radius 1 is 0.314 bits per heavy atom. The molecule has 0 spiro atoms. The van der Waals surface area contributed by atoms with Crippen LogP contribution in [0.25, 0.3) is 51.2 Å². The molecule has 0 N–H and O–H groups in total. The fourth-order valence-corrected chi connectivity index (χ4v) is 26.8. The summed E-state index contributed by atoms with van der Waals surface area (Å²) < 4.78 is 7.42. The van der Waals surface area contributed by atoms with Gasteiger partial charge in [0.15, 0.2) is 8.07 Å². The summed E-state index contributed by atoms with van der Waals surface area (Å²) in [6.45, 7) is 23.5. The van der Waals surface area contributed by atoms with Gasteiger partial charge in [0.25, 0.3) is 0 Å². The monoisotopic (exact) mass is 1570 g/mol. The van der Waals surface area contributed by atoms with Crippen LogP contribution in [0.15, 0.2) is 346 Å². The first-order chi connectivity index (χ1) is 57.6. The number of benzene rings is 13. The largest absolute Gasteiger partial charge is 0.299 e. The fourth-order valence-electron chi connectivity index (χ4n) is 18.9. The molecule has 3 aromatic heterocycles. The summed E-state index contributed by atoms with van der Waals surface area (Å²) in [5.74, 6) is 4.51. The van der Waals surface area contributed by atoms with E-state index in [2.05, 4.69) is 429 Å². The lowest BCUT2D eigenvalue weighted by Gasteiger charge is -2.34. The van der Waals surface area contributed by atoms with Crippen LogP contribution < -0.4 is 36.3 Å². The van der Waals surface area contributed by atoms with Crippen LogP contribution in [0.1, 0.15) is 183 Å². The van der Waals surface area contributed by atoms with Crippen molar-refractivity contribution in [1.29, 1.82) is 0 Å². The zero-order valence-electron chi connectivity index (χ0n) is 70.1. The first kappa shape index (κ1) is 78.4. The number of imidazole rings is 3. The summed E-state index contributed by atoms with van der Waals surface area (Å²) in [6, 6.07) is 124. The Morgan fingerprint density at radius 2 is 0.653 bits per heavy atom. The van der Waals surface area contributed by atoms with Crippen molar-refractivity contribution < 1.29 is 0 Å². The average Bonchev–Trinajstić information content (AvgIpc) is 1.17. The topological polar surface area (TPSA) is 53.5 Å². The third-order valence-corrected chi connectivity index (χ3v) is 32.7. The first-order valence-electron chi connectivity index (χ1n) is 43.0. The van der Waals surface area contributed by atoms with Gasteiger partial charge >= 0.3 is 0 Å². The van der Waals surface area contributed by atoms with E-state index in [0.717, 1.165) is 96.2 Å². The van der Waals surface area contributed by atoms with E-state index in [0.29, 0.717) is 11.8 Å². The normalized spacial score (nSPS) is 13.1. The molecular weight excluding hydrogens is 1460 g/mol. The van der Waals surface area contributed by atoms with Gasteiger partial charge in [-0.3, -0.25) is 13.7 Å². The van der Waals surface area contributed by atoms with E-state index in [1.54, 1.807) is 0 Å². The smallest absolute Gasteiger partial charge is 0.179 e. The zero-order valence-corrected chi connectivity index (χ0v) is 72.2. The molecular formula is C110H108N6Si2. The molecule has 0 saturated carbocycles. The molecule has 2 bridgehead atoms. The van der Waals surface area contributed by atoms with Gasteiger partial charge < -0.3 is 0 Å². The fraction of sp³-hybridized carbons (Fsp3) is 0.209. The van der Waals surface area contributed by atoms with Gasteiger partial charge in [-0.05, 0) is 163 Å². The van der Waals surface area contributed by atoms with Crippen LogP contribution in [0.3, 0.4) is 0 Å². The molecule has 16 aromatic rings. The SMILES string of the molecule is CC(C)c1cccc(C(C)C)c1-n1cc(CCc2cc(CCc3cn4c(n3)-c3cccc(c3)CC(C)c3cccc(C(C)C)c3-4)cc(CCc3cn(-c4c(C(C)C)cccc4C(C)c4ccccc4)c(-c4cccc([SiH](c5ccccc5)c5ccccc5)c4)n3)c2)nc1-c1cccc([Si](c2ccccc2)(c2ccccc2)c2ccccc2)c1. The van der Waals surface area contributed by atoms with Crippen molar-refractivity contribution in [3.63, 3.8) is 0 Å². The van der Waals surface area contributed by atoms with E-state index in [1.807, 2.05) is 0 Å². The van der Waals surface area contributed by atoms with Gasteiger partial charge in [-0.1, -0.05) is 406 Å². The van der Waals surface area contributed by atoms with Crippen molar-refractivity contribution >= 4 is 53.2 Å². The summed E-state index contributed by atoms with van der Waals surface area (Å²) in [5, 5.41) is 9.50. The van der Waals surface area contributed by atoms with E-state index in [4.69, 9.17) is 15.0 Å². The average molecular weight is 1570 g/mol. The second-order valence-electron chi connectivity index (χ2n) is 34.2. The van der Waals surface area contributed by atoms with Gasteiger partial charge in [0, 0.05) is 41.2 Å². The van der Waals surface area contributed by atoms with Crippen LogP contribution in [0.5, 0.6) is 0 Å². The standard InChI is InChI=1S/C110H108N6Si2/c1-75(2)99-53-32-54-100(76(3)4)105(99)114-72-89(113-110(114)88-40-31-52-98(71-88)118(95-46-23-14-24-47-95,96-48-25-15-26-49-96)97-50-27-16-28-51-97)62-59-82-66-83(60-63-90-73-115-106-101(77(5)6)55-33-57-103(106)79(9)65-81-35-29-38-86(69-81)108(115)111-90)68-84(67-82)61-64-91-74-116(107-102(78(7)8)56-34-58-104(107)80(10)85-36-17-11-18-37-85)109(112-91)87-39-30-45-94(70-87)117(92-41-19-12-20-42-92)93-43-21-13-22-44-93/h11-58,66-80,117H,59-65H2,1-10H3. The molecule has 0 amide bonds. The number of para-hydroxylation sites is 3. The van der Waals surface area contributed by atoms with E-state index in [9.17, 15) is 0 Å². The van der Waals surface area contributed by atoms with Crippen LogP contribution in [0, 0.1) is 0 Å². The van der Waals surface area contributed by atoms with Crippen LogP contribution in [-0.2, 0) is 44.9 Å². The molecule has 4 heterocycles. The number of rotatable bonds is 26. The highest BCUT2D eigenvalue weighted by Crippen LogP contribution is 2.41. The lowest BCUT2D eigenvalue weighted by molar-refractivity contribution is 0.743. The summed E-state index contributed by atoms with van der Waals surface area (Å²) >= 11 is 0. The molecule has 0 aliphatic carbocycles. The third kappa shape index (κ3) is 15.9. The maximum Gasteiger partial charge on any atom is 0.179 e. The Labute approximate surface area is 702 Å². The highest BCUT2D eigenvalue weighted by atomic mass is 28.3. The Hall–Kier alpha value is -12.1. The Kier molecular flexibility index (Phi) is 23.0. The zero-order chi connectivity index (χ0) is 81.0. The number of aromatic nitrogens is 6. The number of aryl methyl sites for hydroxylation is 6. The number of nitrogens with zero attached hydrogens (tertiary/aromatic N) is 6. The van der Waals surface area contributed by atoms with Crippen molar-refractivity contribution in [2.24, 2.45) is 0 Å². The Morgan fingerprint density at radius 3 is 1.10 bits per heavy atom. The predicted octanol–water partition coefficient (Wildman–Crippen LogP) is 21.5. The van der Waals surface area contributed by atoms with E-state index in [-0.39, 0.29) is 23.7 Å². The molecule has 13 aromatic carbocycles. The van der Waals surface area contributed by atoms with Crippen LogP contribution in [-0.4, -0.2) is 45.5 Å². The molecule has 6 nitrogen and oxygen atoms in total. The third-order valence-electron chi connectivity index (χ3n) is 24.8. The molecule has 0 radical (unpaired) electrons. The number of fused-ring (bicyclic) bond motifs is 6. The molecule has 1 aliphatic rings. The Bertz CT molecular complexity index is 5990. The second-order valence-corrected chi connectivity index (χ2v) is 40.8. The van der Waals surface area contributed by atoms with Crippen LogP contribution in [0.2, 0.25) is 0 Å². The maximum absolute atomic E-state index is 5.93. The van der Waals surface area contributed by atoms with E-state index >= 15 is 0 Å². The molecule has 586 valence electrons. The highest BCUT2D eigenvalue weighted by molar-refractivity contribution is 7.20. The summed E-state index contributed by atoms with van der Waals surface area (Å²) in [4.78, 5) is 17.5. The molecule has 8 heteroatoms. The van der Waals surface area contributed by atoms with E-state index in [1.165, 1.54) is 115 Å². The highest BCUT2D eigenvalue weighted by Gasteiger charge is 2.42. The summed E-state index contributed by atoms with van der Waals surface area (Å²) in [6.07, 6.45) is 12.8. The van der Waals surface area contributed by atoms with Crippen molar-refractivity contribution in [1.82, 2.24) is 28.7 Å². The second kappa shape index (κ2) is 34.6. The van der Waals surface area contributed by atoms with Crippen molar-refractivity contribution in [3.8, 4) is 51.2 Å². The van der Waals surface area contributed by atoms with Crippen molar-refractivity contribution in [3.05, 3.63) is 424 Å². The van der Waals surface area contributed by atoms with Crippen LogP contribution >= 0.6 is 0 Å². The lowest BCUT2D eigenvalue weighted by atomic mass is 9.87. The first-order valence-corrected chi connectivity index (χ1v) is 46.7. The molecule has 1 aliphatic heterocycles. The van der Waals surface area contributed by atoms with Gasteiger partial charge in [-0.2, -0.15) is 0 Å². The minimum atomic E-state index is -2.92. The van der Waals surface area contributed by atoms with E-state index < -0.39 is 16.9 Å². The van der Waals surface area contributed by atoms with Gasteiger partial charge in [-0.25, -0.2) is 15.0 Å². The molecule has 2 atom stereocenters. The van der Waals surface area contributed by atoms with Gasteiger partial charge in [-0.15, -0.1) is 0 Å². The van der Waals surface area contributed by atoms with Crippen LogP contribution in [0.4, 0.5) is 0 Å². The predicted molar refractivity (Wildman–Crippen MR) is 501 cm³/mol.